The number of nitrogens with two attached hydrogens (primary N) is 1. The normalized spacial score (nSPS) is 39.5. The Morgan fingerprint density at radius 1 is 1.15 bits per heavy atom. The highest BCUT2D eigenvalue weighted by Gasteiger charge is 2.41. The second-order valence-electron chi connectivity index (χ2n) is 6.20. The van der Waals surface area contributed by atoms with Crippen molar-refractivity contribution >= 4 is 0 Å². The highest BCUT2D eigenvalue weighted by molar-refractivity contribution is 4.95. The van der Waals surface area contributed by atoms with E-state index in [0.717, 1.165) is 11.8 Å². The van der Waals surface area contributed by atoms with Crippen molar-refractivity contribution < 1.29 is 0 Å². The standard InChI is InChI=1S/C12H25N/c1-9(2)10-8-12(5,13)7-6-11(10,3)4/h9-10H,6-8,13H2,1-5H3/t10-,12+/m1/s1. The summed E-state index contributed by atoms with van der Waals surface area (Å²) in [6, 6.07) is 0. The lowest BCUT2D eigenvalue weighted by Crippen LogP contribution is -2.48. The van der Waals surface area contributed by atoms with Crippen molar-refractivity contribution in [2.45, 2.75) is 59.4 Å². The van der Waals surface area contributed by atoms with E-state index < -0.39 is 0 Å². The van der Waals surface area contributed by atoms with E-state index in [1.54, 1.807) is 0 Å². The fraction of sp³-hybridized carbons (Fsp3) is 1.00. The van der Waals surface area contributed by atoms with Crippen LogP contribution in [-0.4, -0.2) is 5.54 Å². The zero-order chi connectivity index (χ0) is 10.3. The van der Waals surface area contributed by atoms with Crippen molar-refractivity contribution in [3.63, 3.8) is 0 Å². The molecule has 0 aromatic carbocycles. The Hall–Kier alpha value is -0.0400. The molecule has 1 rings (SSSR count). The predicted molar refractivity (Wildman–Crippen MR) is 58.6 cm³/mol. The third-order valence-electron chi connectivity index (χ3n) is 3.84. The quantitative estimate of drug-likeness (QED) is 0.664. The molecule has 1 saturated carbocycles. The van der Waals surface area contributed by atoms with Crippen LogP contribution in [0, 0.1) is 17.3 Å². The molecule has 1 nitrogen and oxygen atoms in total. The Morgan fingerprint density at radius 2 is 1.69 bits per heavy atom. The molecule has 1 aliphatic carbocycles. The van der Waals surface area contributed by atoms with Gasteiger partial charge in [-0.1, -0.05) is 27.7 Å². The lowest BCUT2D eigenvalue weighted by atomic mass is 9.60. The van der Waals surface area contributed by atoms with E-state index in [9.17, 15) is 0 Å². The van der Waals surface area contributed by atoms with Gasteiger partial charge in [0.15, 0.2) is 0 Å². The smallest absolute Gasteiger partial charge is 0.0129 e. The lowest BCUT2D eigenvalue weighted by molar-refractivity contribution is 0.0546. The first kappa shape index (κ1) is 11.0. The van der Waals surface area contributed by atoms with E-state index in [2.05, 4.69) is 34.6 Å². The topological polar surface area (TPSA) is 26.0 Å². The molecule has 0 aliphatic heterocycles. The van der Waals surface area contributed by atoms with Crippen LogP contribution in [0.25, 0.3) is 0 Å². The van der Waals surface area contributed by atoms with Crippen molar-refractivity contribution in [1.82, 2.24) is 0 Å². The maximum Gasteiger partial charge on any atom is 0.0129 e. The van der Waals surface area contributed by atoms with E-state index in [-0.39, 0.29) is 5.54 Å². The maximum atomic E-state index is 6.23. The molecule has 13 heavy (non-hydrogen) atoms. The number of rotatable bonds is 1. The summed E-state index contributed by atoms with van der Waals surface area (Å²) in [5, 5.41) is 0. The van der Waals surface area contributed by atoms with Crippen molar-refractivity contribution in [3.8, 4) is 0 Å². The molecule has 0 unspecified atom stereocenters. The molecular weight excluding hydrogens is 158 g/mol. The van der Waals surface area contributed by atoms with E-state index in [4.69, 9.17) is 5.73 Å². The van der Waals surface area contributed by atoms with Gasteiger partial charge < -0.3 is 5.73 Å². The van der Waals surface area contributed by atoms with Crippen molar-refractivity contribution in [2.24, 2.45) is 23.0 Å². The minimum Gasteiger partial charge on any atom is -0.325 e. The summed E-state index contributed by atoms with van der Waals surface area (Å²) in [5.74, 6) is 1.55. The average molecular weight is 183 g/mol. The molecule has 0 aromatic heterocycles. The van der Waals surface area contributed by atoms with Gasteiger partial charge in [-0.15, -0.1) is 0 Å². The first-order valence-corrected chi connectivity index (χ1v) is 5.53. The van der Waals surface area contributed by atoms with Gasteiger partial charge in [-0.3, -0.25) is 0 Å². The van der Waals surface area contributed by atoms with Crippen molar-refractivity contribution in [2.75, 3.05) is 0 Å². The van der Waals surface area contributed by atoms with E-state index in [0.29, 0.717) is 5.41 Å². The van der Waals surface area contributed by atoms with E-state index in [1.807, 2.05) is 0 Å². The number of hydrogen-bond acceptors (Lipinski definition) is 1. The summed E-state index contributed by atoms with van der Waals surface area (Å²) >= 11 is 0. The molecule has 0 amide bonds. The minimum absolute atomic E-state index is 0.0878. The average Bonchev–Trinajstić information content (AvgIpc) is 1.95. The van der Waals surface area contributed by atoms with Gasteiger partial charge in [0.1, 0.15) is 0 Å². The van der Waals surface area contributed by atoms with E-state index >= 15 is 0 Å². The fourth-order valence-corrected chi connectivity index (χ4v) is 2.81. The fourth-order valence-electron chi connectivity index (χ4n) is 2.81. The molecule has 1 fully saturated rings. The SMILES string of the molecule is CC(C)[C@H]1C[C@@](C)(N)CCC1(C)C. The predicted octanol–water partition coefficient (Wildman–Crippen LogP) is 3.19. The summed E-state index contributed by atoms with van der Waals surface area (Å²) in [6.07, 6.45) is 3.66. The molecule has 2 atom stereocenters. The maximum absolute atomic E-state index is 6.23. The van der Waals surface area contributed by atoms with Crippen LogP contribution in [0.1, 0.15) is 53.9 Å². The van der Waals surface area contributed by atoms with Crippen molar-refractivity contribution in [3.05, 3.63) is 0 Å². The molecular formula is C12H25N. The van der Waals surface area contributed by atoms with Crippen LogP contribution in [0.4, 0.5) is 0 Å². The summed E-state index contributed by atoms with van der Waals surface area (Å²) in [4.78, 5) is 0. The first-order valence-electron chi connectivity index (χ1n) is 5.53. The van der Waals surface area contributed by atoms with Crippen LogP contribution in [0.3, 0.4) is 0 Å². The molecule has 0 spiro atoms. The highest BCUT2D eigenvalue weighted by Crippen LogP contribution is 2.46. The Bertz CT molecular complexity index is 180. The molecule has 0 bridgehead atoms. The largest absolute Gasteiger partial charge is 0.325 e. The van der Waals surface area contributed by atoms with Gasteiger partial charge in [-0.2, -0.15) is 0 Å². The van der Waals surface area contributed by atoms with Gasteiger partial charge in [0.25, 0.3) is 0 Å². The number of hydrogen-bond donors (Lipinski definition) is 1. The molecule has 78 valence electrons. The van der Waals surface area contributed by atoms with Gasteiger partial charge >= 0.3 is 0 Å². The van der Waals surface area contributed by atoms with Crippen molar-refractivity contribution in [1.29, 1.82) is 0 Å². The van der Waals surface area contributed by atoms with Gasteiger partial charge in [-0.05, 0) is 43.4 Å². The van der Waals surface area contributed by atoms with Gasteiger partial charge in [0.05, 0.1) is 0 Å². The lowest BCUT2D eigenvalue weighted by Gasteiger charge is -2.47. The van der Waals surface area contributed by atoms with Gasteiger partial charge in [0.2, 0.25) is 0 Å². The Morgan fingerprint density at radius 3 is 2.08 bits per heavy atom. The molecule has 0 aromatic rings. The summed E-state index contributed by atoms with van der Waals surface area (Å²) < 4.78 is 0. The van der Waals surface area contributed by atoms with Gasteiger partial charge in [0, 0.05) is 5.54 Å². The van der Waals surface area contributed by atoms with Crippen LogP contribution in [0.15, 0.2) is 0 Å². The highest BCUT2D eigenvalue weighted by atomic mass is 14.7. The molecule has 0 saturated heterocycles. The van der Waals surface area contributed by atoms with Gasteiger partial charge in [-0.25, -0.2) is 0 Å². The minimum atomic E-state index is 0.0878. The van der Waals surface area contributed by atoms with Crippen LogP contribution in [0.5, 0.6) is 0 Å². The van der Waals surface area contributed by atoms with Crippen LogP contribution < -0.4 is 5.73 Å². The summed E-state index contributed by atoms with van der Waals surface area (Å²) in [7, 11) is 0. The third kappa shape index (κ3) is 2.46. The Balaban J connectivity index is 2.76. The second kappa shape index (κ2) is 3.27. The zero-order valence-corrected chi connectivity index (χ0v) is 9.85. The molecule has 0 radical (unpaired) electrons. The third-order valence-corrected chi connectivity index (χ3v) is 3.84. The molecule has 2 N–H and O–H groups in total. The second-order valence-corrected chi connectivity index (χ2v) is 6.20. The first-order chi connectivity index (χ1) is 5.75. The molecule has 1 heteroatoms. The molecule has 1 aliphatic rings. The zero-order valence-electron chi connectivity index (χ0n) is 9.85. The Kier molecular flexibility index (Phi) is 2.78. The summed E-state index contributed by atoms with van der Waals surface area (Å²) in [6.45, 7) is 11.7. The summed E-state index contributed by atoms with van der Waals surface area (Å²) in [5.41, 5.74) is 6.81. The van der Waals surface area contributed by atoms with Crippen LogP contribution >= 0.6 is 0 Å². The van der Waals surface area contributed by atoms with Crippen LogP contribution in [-0.2, 0) is 0 Å². The Labute approximate surface area is 83.1 Å². The monoisotopic (exact) mass is 183 g/mol. The molecule has 0 heterocycles. The van der Waals surface area contributed by atoms with E-state index in [1.165, 1.54) is 19.3 Å². The van der Waals surface area contributed by atoms with Crippen LogP contribution in [0.2, 0.25) is 0 Å².